The van der Waals surface area contributed by atoms with Gasteiger partial charge in [-0.15, -0.1) is 0 Å². The van der Waals surface area contributed by atoms with Gasteiger partial charge in [0.2, 0.25) is 0 Å². The quantitative estimate of drug-likeness (QED) is 0.425. The second-order valence-electron chi connectivity index (χ2n) is 12.4. The standard InChI is InChI=1S/C33H44BrN5O4/c1-22-19-23(2)21-25(20-22)29(34)30(31(40)37-14-10-26(11-15-37)36(3)4)43-33(42)38-16-12-27(13-17-38)39-18-9-24-7-5-6-8-28(24)35-32(39)41/h5-8,19-21,26-27,29-30H,9-18H2,1-4H3,(H,35,41)/t29?,30-/m0/s1. The molecule has 0 aliphatic carbocycles. The third-order valence-electron chi connectivity index (χ3n) is 9.11. The zero-order chi connectivity index (χ0) is 30.7. The van der Waals surface area contributed by atoms with Crippen LogP contribution in [0.2, 0.25) is 0 Å². The van der Waals surface area contributed by atoms with Gasteiger partial charge in [-0.2, -0.15) is 0 Å². The highest BCUT2D eigenvalue weighted by Crippen LogP contribution is 2.33. The lowest BCUT2D eigenvalue weighted by atomic mass is 9.99. The summed E-state index contributed by atoms with van der Waals surface area (Å²) >= 11 is 3.76. The summed E-state index contributed by atoms with van der Waals surface area (Å²) in [6, 6.07) is 14.5. The first-order valence-corrected chi connectivity index (χ1v) is 16.3. The zero-order valence-electron chi connectivity index (χ0n) is 25.7. The number of ether oxygens (including phenoxy) is 1. The number of halogens is 1. The Morgan fingerprint density at radius 2 is 1.56 bits per heavy atom. The Hall–Kier alpha value is -3.11. The Labute approximate surface area is 263 Å². The van der Waals surface area contributed by atoms with E-state index in [9.17, 15) is 14.4 Å². The summed E-state index contributed by atoms with van der Waals surface area (Å²) in [4.78, 5) is 47.7. The number of carbonyl (C=O) groups is 3. The molecule has 3 aliphatic heterocycles. The van der Waals surface area contributed by atoms with Crippen LogP contribution in [0.15, 0.2) is 42.5 Å². The van der Waals surface area contributed by atoms with Crippen LogP contribution in [0.5, 0.6) is 0 Å². The van der Waals surface area contributed by atoms with E-state index in [1.165, 1.54) is 0 Å². The van der Waals surface area contributed by atoms with E-state index in [1.54, 1.807) is 4.90 Å². The van der Waals surface area contributed by atoms with Gasteiger partial charge in [-0.05, 0) is 77.2 Å². The minimum absolute atomic E-state index is 0.0352. The number of para-hydroxylation sites is 1. The van der Waals surface area contributed by atoms with Crippen molar-refractivity contribution >= 4 is 39.6 Å². The van der Waals surface area contributed by atoms with Crippen molar-refractivity contribution in [3.05, 3.63) is 64.7 Å². The number of nitrogens with zero attached hydrogens (tertiary/aromatic N) is 4. The second-order valence-corrected chi connectivity index (χ2v) is 13.4. The molecule has 0 bridgehead atoms. The maximum Gasteiger partial charge on any atom is 0.410 e. The molecule has 5 rings (SSSR count). The van der Waals surface area contributed by atoms with E-state index in [1.807, 2.05) is 54.0 Å². The Balaban J connectivity index is 1.25. The number of likely N-dealkylation sites (tertiary alicyclic amines) is 2. The zero-order valence-corrected chi connectivity index (χ0v) is 27.3. The van der Waals surface area contributed by atoms with Gasteiger partial charge in [-0.3, -0.25) is 4.79 Å². The number of hydrogen-bond acceptors (Lipinski definition) is 5. The molecule has 3 aliphatic rings. The Bertz CT molecular complexity index is 1300. The first-order valence-electron chi connectivity index (χ1n) is 15.4. The van der Waals surface area contributed by atoms with E-state index in [0.29, 0.717) is 51.6 Å². The molecular weight excluding hydrogens is 610 g/mol. The predicted octanol–water partition coefficient (Wildman–Crippen LogP) is 5.35. The van der Waals surface area contributed by atoms with Crippen LogP contribution in [-0.4, -0.2) is 103 Å². The average Bonchev–Trinajstić information content (AvgIpc) is 3.16. The van der Waals surface area contributed by atoms with E-state index in [0.717, 1.165) is 47.2 Å². The molecule has 3 heterocycles. The van der Waals surface area contributed by atoms with Crippen LogP contribution in [0.3, 0.4) is 0 Å². The van der Waals surface area contributed by atoms with Gasteiger partial charge in [0.05, 0.1) is 4.83 Å². The number of alkyl halides is 1. The number of fused-ring (bicyclic) bond motifs is 1. The fourth-order valence-electron chi connectivity index (χ4n) is 6.64. The van der Waals surface area contributed by atoms with E-state index in [-0.39, 0.29) is 18.0 Å². The minimum Gasteiger partial charge on any atom is -0.434 e. The number of hydrogen-bond donors (Lipinski definition) is 1. The fraction of sp³-hybridized carbons (Fsp3) is 0.545. The van der Waals surface area contributed by atoms with Crippen molar-refractivity contribution in [3.63, 3.8) is 0 Å². The lowest BCUT2D eigenvalue weighted by molar-refractivity contribution is -0.142. The molecule has 2 fully saturated rings. The molecule has 4 amide bonds. The molecule has 2 aromatic carbocycles. The van der Waals surface area contributed by atoms with Crippen molar-refractivity contribution in [2.24, 2.45) is 0 Å². The van der Waals surface area contributed by atoms with Crippen LogP contribution in [-0.2, 0) is 16.0 Å². The Kier molecular flexibility index (Phi) is 9.96. The number of rotatable bonds is 6. The highest BCUT2D eigenvalue weighted by Gasteiger charge is 2.39. The van der Waals surface area contributed by atoms with Crippen LogP contribution >= 0.6 is 15.9 Å². The number of amides is 4. The lowest BCUT2D eigenvalue weighted by Gasteiger charge is -2.39. The van der Waals surface area contributed by atoms with Gasteiger partial charge in [0.15, 0.2) is 6.10 Å². The molecule has 2 saturated heterocycles. The van der Waals surface area contributed by atoms with Gasteiger partial charge in [-0.1, -0.05) is 63.5 Å². The Morgan fingerprint density at radius 1 is 0.930 bits per heavy atom. The predicted molar refractivity (Wildman–Crippen MR) is 172 cm³/mol. The average molecular weight is 655 g/mol. The van der Waals surface area contributed by atoms with Crippen molar-refractivity contribution in [2.75, 3.05) is 52.1 Å². The normalized spacial score (nSPS) is 19.9. The molecular formula is C33H44BrN5O4. The first kappa shape index (κ1) is 31.3. The number of urea groups is 1. The third kappa shape index (κ3) is 7.34. The first-order chi connectivity index (χ1) is 20.6. The number of anilines is 1. The van der Waals surface area contributed by atoms with E-state index in [2.05, 4.69) is 52.4 Å². The van der Waals surface area contributed by atoms with Crippen molar-refractivity contribution in [2.45, 2.75) is 69.0 Å². The summed E-state index contributed by atoms with van der Waals surface area (Å²) in [5.74, 6) is -0.165. The molecule has 1 N–H and O–H groups in total. The van der Waals surface area contributed by atoms with Crippen molar-refractivity contribution in [3.8, 4) is 0 Å². The van der Waals surface area contributed by atoms with Gasteiger partial charge in [-0.25, -0.2) is 9.59 Å². The summed E-state index contributed by atoms with van der Waals surface area (Å²) in [7, 11) is 4.14. The topological polar surface area (TPSA) is 85.4 Å². The number of benzene rings is 2. The van der Waals surface area contributed by atoms with Crippen LogP contribution in [0.4, 0.5) is 15.3 Å². The van der Waals surface area contributed by atoms with Gasteiger partial charge >= 0.3 is 12.1 Å². The molecule has 2 atom stereocenters. The van der Waals surface area contributed by atoms with Crippen molar-refractivity contribution < 1.29 is 19.1 Å². The van der Waals surface area contributed by atoms with Crippen molar-refractivity contribution in [1.82, 2.24) is 19.6 Å². The molecule has 43 heavy (non-hydrogen) atoms. The molecule has 2 aromatic rings. The SMILES string of the molecule is Cc1cc(C)cc(C(Br)[C@H](OC(=O)N2CCC(N3CCc4ccccc4NC3=O)CC2)C(=O)N2CCC(N(C)C)CC2)c1. The fourth-order valence-corrected chi connectivity index (χ4v) is 7.24. The molecule has 0 aromatic heterocycles. The molecule has 1 unspecified atom stereocenters. The summed E-state index contributed by atoms with van der Waals surface area (Å²) in [6.45, 7) is 6.89. The maximum absolute atomic E-state index is 13.9. The largest absolute Gasteiger partial charge is 0.434 e. The van der Waals surface area contributed by atoms with Gasteiger partial charge < -0.3 is 29.7 Å². The van der Waals surface area contributed by atoms with Gasteiger partial charge in [0, 0.05) is 50.5 Å². The summed E-state index contributed by atoms with van der Waals surface area (Å²) in [5.41, 5.74) is 5.09. The number of piperidine rings is 2. The van der Waals surface area contributed by atoms with E-state index in [4.69, 9.17) is 4.74 Å². The second kappa shape index (κ2) is 13.7. The van der Waals surface area contributed by atoms with Crippen LogP contribution in [0, 0.1) is 13.8 Å². The van der Waals surface area contributed by atoms with Crippen LogP contribution in [0.1, 0.15) is 52.8 Å². The monoisotopic (exact) mass is 653 g/mol. The summed E-state index contributed by atoms with van der Waals surface area (Å²) in [6.07, 6.45) is 2.41. The summed E-state index contributed by atoms with van der Waals surface area (Å²) in [5, 5.41) is 3.05. The number of nitrogens with one attached hydrogen (secondary N) is 1. The van der Waals surface area contributed by atoms with Gasteiger partial charge in [0.25, 0.3) is 5.91 Å². The van der Waals surface area contributed by atoms with Crippen LogP contribution < -0.4 is 5.32 Å². The number of aryl methyl sites for hydroxylation is 2. The van der Waals surface area contributed by atoms with Crippen LogP contribution in [0.25, 0.3) is 0 Å². The molecule has 9 nitrogen and oxygen atoms in total. The Morgan fingerprint density at radius 3 is 2.21 bits per heavy atom. The molecule has 232 valence electrons. The smallest absolute Gasteiger partial charge is 0.410 e. The maximum atomic E-state index is 13.9. The lowest BCUT2D eigenvalue weighted by Crippen LogP contribution is -2.52. The highest BCUT2D eigenvalue weighted by molar-refractivity contribution is 9.09. The van der Waals surface area contributed by atoms with E-state index < -0.39 is 17.0 Å². The van der Waals surface area contributed by atoms with E-state index >= 15 is 0 Å². The summed E-state index contributed by atoms with van der Waals surface area (Å²) < 4.78 is 6.08. The third-order valence-corrected chi connectivity index (χ3v) is 10.1. The highest BCUT2D eigenvalue weighted by atomic mass is 79.9. The number of carbonyl (C=O) groups excluding carboxylic acids is 3. The molecule has 10 heteroatoms. The van der Waals surface area contributed by atoms with Crippen molar-refractivity contribution in [1.29, 1.82) is 0 Å². The molecule has 0 spiro atoms. The van der Waals surface area contributed by atoms with Gasteiger partial charge in [0.1, 0.15) is 0 Å². The molecule has 0 saturated carbocycles. The molecule has 0 radical (unpaired) electrons. The minimum atomic E-state index is -0.989.